The Kier molecular flexibility index (Phi) is 3.99. The lowest BCUT2D eigenvalue weighted by molar-refractivity contribution is -0.137. The summed E-state index contributed by atoms with van der Waals surface area (Å²) in [5.41, 5.74) is 0. The van der Waals surface area contributed by atoms with E-state index in [2.05, 4.69) is 5.32 Å². The van der Waals surface area contributed by atoms with Crippen LogP contribution in [0.4, 0.5) is 0 Å². The van der Waals surface area contributed by atoms with Gasteiger partial charge in [0.25, 0.3) is 0 Å². The van der Waals surface area contributed by atoms with Crippen molar-refractivity contribution in [2.24, 2.45) is 0 Å². The number of carboxylic acids is 1. The summed E-state index contributed by atoms with van der Waals surface area (Å²) < 4.78 is 5.65. The molecule has 0 aliphatic carbocycles. The van der Waals surface area contributed by atoms with Crippen molar-refractivity contribution >= 4 is 11.9 Å². The summed E-state index contributed by atoms with van der Waals surface area (Å²) in [5, 5.41) is 11.4. The first-order chi connectivity index (χ1) is 8.15. The fraction of sp³-hybridized carbons (Fsp3) is 0.833. The van der Waals surface area contributed by atoms with E-state index < -0.39 is 5.97 Å². The number of fused-ring (bicyclic) bond motifs is 2. The first kappa shape index (κ1) is 12.4. The number of ether oxygens (including phenoxy) is 1. The largest absolute Gasteiger partial charge is 0.481 e. The van der Waals surface area contributed by atoms with E-state index >= 15 is 0 Å². The third kappa shape index (κ3) is 3.43. The van der Waals surface area contributed by atoms with Crippen molar-refractivity contribution in [1.29, 1.82) is 0 Å². The van der Waals surface area contributed by atoms with Crippen molar-refractivity contribution in [3.8, 4) is 0 Å². The van der Waals surface area contributed by atoms with Crippen LogP contribution in [0.5, 0.6) is 0 Å². The molecule has 0 aromatic rings. The number of nitrogens with one attached hydrogen (secondary N) is 1. The zero-order valence-corrected chi connectivity index (χ0v) is 9.85. The van der Waals surface area contributed by atoms with Crippen LogP contribution in [-0.2, 0) is 14.3 Å². The van der Waals surface area contributed by atoms with Crippen LogP contribution >= 0.6 is 0 Å². The molecule has 3 unspecified atom stereocenters. The van der Waals surface area contributed by atoms with Crippen LogP contribution in [-0.4, -0.2) is 35.2 Å². The summed E-state index contributed by atoms with van der Waals surface area (Å²) in [6, 6.07) is 0.181. The van der Waals surface area contributed by atoms with E-state index in [1.807, 2.05) is 0 Å². The van der Waals surface area contributed by atoms with Gasteiger partial charge in [-0.15, -0.1) is 0 Å². The third-order valence-corrected chi connectivity index (χ3v) is 3.50. The molecule has 2 aliphatic rings. The Balaban J connectivity index is 1.59. The highest BCUT2D eigenvalue weighted by atomic mass is 16.5. The van der Waals surface area contributed by atoms with E-state index in [1.165, 1.54) is 0 Å². The van der Waals surface area contributed by atoms with Gasteiger partial charge in [-0.1, -0.05) is 0 Å². The molecule has 2 aliphatic heterocycles. The second-order valence-electron chi connectivity index (χ2n) is 4.88. The van der Waals surface area contributed by atoms with E-state index in [-0.39, 0.29) is 24.5 Å². The van der Waals surface area contributed by atoms with E-state index in [4.69, 9.17) is 9.84 Å². The Bertz CT molecular complexity index is 305. The van der Waals surface area contributed by atoms with Crippen molar-refractivity contribution in [3.63, 3.8) is 0 Å². The summed E-state index contributed by atoms with van der Waals surface area (Å²) >= 11 is 0. The number of hydrogen-bond donors (Lipinski definition) is 2. The molecule has 0 aromatic heterocycles. The lowest BCUT2D eigenvalue weighted by Gasteiger charge is -2.19. The molecular formula is C12H19NO4. The predicted molar refractivity (Wildman–Crippen MR) is 60.5 cm³/mol. The quantitative estimate of drug-likeness (QED) is 0.682. The minimum Gasteiger partial charge on any atom is -0.481 e. The maximum atomic E-state index is 11.6. The average Bonchev–Trinajstić information content (AvgIpc) is 2.86. The molecule has 3 atom stereocenters. The zero-order chi connectivity index (χ0) is 12.3. The third-order valence-electron chi connectivity index (χ3n) is 3.50. The SMILES string of the molecule is O=C(O)CCCCC(=O)NC1CC2CCC1O2. The van der Waals surface area contributed by atoms with Crippen molar-refractivity contribution in [3.05, 3.63) is 0 Å². The maximum absolute atomic E-state index is 11.6. The topological polar surface area (TPSA) is 75.6 Å². The van der Waals surface area contributed by atoms with E-state index in [0.717, 1.165) is 19.3 Å². The van der Waals surface area contributed by atoms with Gasteiger partial charge in [0.15, 0.2) is 0 Å². The van der Waals surface area contributed by atoms with Crippen LogP contribution in [0.15, 0.2) is 0 Å². The lowest BCUT2D eigenvalue weighted by Crippen LogP contribution is -2.41. The van der Waals surface area contributed by atoms with E-state index in [9.17, 15) is 9.59 Å². The molecule has 0 radical (unpaired) electrons. The number of hydrogen-bond acceptors (Lipinski definition) is 3. The standard InChI is InChI=1S/C12H19NO4/c14-11(3-1-2-4-12(15)16)13-9-7-8-5-6-10(9)17-8/h8-10H,1-7H2,(H,13,14)(H,15,16). The van der Waals surface area contributed by atoms with Crippen molar-refractivity contribution in [1.82, 2.24) is 5.32 Å². The van der Waals surface area contributed by atoms with Gasteiger partial charge in [-0.3, -0.25) is 9.59 Å². The van der Waals surface area contributed by atoms with Crippen molar-refractivity contribution in [2.75, 3.05) is 0 Å². The predicted octanol–water partition coefficient (Wildman–Crippen LogP) is 1.07. The Morgan fingerprint density at radius 1 is 1.24 bits per heavy atom. The number of rotatable bonds is 6. The van der Waals surface area contributed by atoms with Crippen LogP contribution in [0.1, 0.15) is 44.9 Å². The Morgan fingerprint density at radius 3 is 2.59 bits per heavy atom. The van der Waals surface area contributed by atoms with Gasteiger partial charge in [-0.05, 0) is 32.1 Å². The van der Waals surface area contributed by atoms with E-state index in [0.29, 0.717) is 25.4 Å². The van der Waals surface area contributed by atoms with Gasteiger partial charge >= 0.3 is 5.97 Å². The highest BCUT2D eigenvalue weighted by molar-refractivity contribution is 5.76. The molecular weight excluding hydrogens is 222 g/mol. The molecule has 5 nitrogen and oxygen atoms in total. The number of carbonyl (C=O) groups is 2. The van der Waals surface area contributed by atoms with Gasteiger partial charge in [0.05, 0.1) is 18.2 Å². The molecule has 2 N–H and O–H groups in total. The summed E-state index contributed by atoms with van der Waals surface area (Å²) in [5.74, 6) is -0.775. The Morgan fingerprint density at radius 2 is 2.00 bits per heavy atom. The van der Waals surface area contributed by atoms with Crippen LogP contribution < -0.4 is 5.32 Å². The van der Waals surface area contributed by atoms with Crippen LogP contribution in [0.3, 0.4) is 0 Å². The maximum Gasteiger partial charge on any atom is 0.303 e. The van der Waals surface area contributed by atoms with Crippen molar-refractivity contribution < 1.29 is 19.4 Å². The first-order valence-electron chi connectivity index (χ1n) is 6.32. The minimum atomic E-state index is -0.799. The van der Waals surface area contributed by atoms with Gasteiger partial charge in [0, 0.05) is 12.8 Å². The highest BCUT2D eigenvalue weighted by Gasteiger charge is 2.41. The summed E-state index contributed by atoms with van der Waals surface area (Å²) in [7, 11) is 0. The lowest BCUT2D eigenvalue weighted by atomic mass is 9.95. The fourth-order valence-corrected chi connectivity index (χ4v) is 2.63. The number of amides is 1. The number of carbonyl (C=O) groups excluding carboxylic acids is 1. The molecule has 0 saturated carbocycles. The smallest absolute Gasteiger partial charge is 0.303 e. The minimum absolute atomic E-state index is 0.0246. The molecule has 0 spiro atoms. The molecule has 96 valence electrons. The number of unbranched alkanes of at least 4 members (excludes halogenated alkanes) is 1. The Labute approximate surface area is 101 Å². The molecule has 2 heterocycles. The van der Waals surface area contributed by atoms with Gasteiger partial charge in [-0.25, -0.2) is 0 Å². The van der Waals surface area contributed by atoms with E-state index in [1.54, 1.807) is 0 Å². The van der Waals surface area contributed by atoms with Crippen molar-refractivity contribution in [2.45, 2.75) is 63.2 Å². The summed E-state index contributed by atoms with van der Waals surface area (Å²) in [6.07, 6.45) is 5.43. The molecule has 2 bridgehead atoms. The van der Waals surface area contributed by atoms with Crippen LogP contribution in [0.25, 0.3) is 0 Å². The first-order valence-corrected chi connectivity index (χ1v) is 6.32. The molecule has 1 amide bonds. The molecule has 2 saturated heterocycles. The average molecular weight is 241 g/mol. The zero-order valence-electron chi connectivity index (χ0n) is 9.85. The summed E-state index contributed by atoms with van der Waals surface area (Å²) in [6.45, 7) is 0. The molecule has 2 rings (SSSR count). The van der Waals surface area contributed by atoms with Crippen LogP contribution in [0, 0.1) is 0 Å². The second-order valence-corrected chi connectivity index (χ2v) is 4.88. The van der Waals surface area contributed by atoms with Gasteiger partial charge in [0.2, 0.25) is 5.91 Å². The van der Waals surface area contributed by atoms with Gasteiger partial charge in [-0.2, -0.15) is 0 Å². The van der Waals surface area contributed by atoms with Crippen LogP contribution in [0.2, 0.25) is 0 Å². The molecule has 17 heavy (non-hydrogen) atoms. The van der Waals surface area contributed by atoms with Gasteiger partial charge < -0.3 is 15.2 Å². The molecule has 5 heteroatoms. The number of carboxylic acid groups (broad SMARTS) is 1. The van der Waals surface area contributed by atoms with Gasteiger partial charge in [0.1, 0.15) is 0 Å². The fourth-order valence-electron chi connectivity index (χ4n) is 2.63. The molecule has 2 fully saturated rings. The second kappa shape index (κ2) is 5.49. The highest BCUT2D eigenvalue weighted by Crippen LogP contribution is 2.34. The monoisotopic (exact) mass is 241 g/mol. The summed E-state index contributed by atoms with van der Waals surface area (Å²) in [4.78, 5) is 21.9. The Hall–Kier alpha value is -1.10. The molecule has 0 aromatic carbocycles. The normalized spacial score (nSPS) is 30.5. The number of aliphatic carboxylic acids is 1.